The van der Waals surface area contributed by atoms with Gasteiger partial charge in [0.1, 0.15) is 12.1 Å². The highest BCUT2D eigenvalue weighted by atomic mass is 16.1. The van der Waals surface area contributed by atoms with E-state index in [1.165, 1.54) is 13.0 Å². The maximum atomic E-state index is 10.8. The molecule has 0 aromatic carbocycles. The van der Waals surface area contributed by atoms with Crippen molar-refractivity contribution in [3.8, 4) is 0 Å². The normalized spacial score (nSPS) is 20.1. The van der Waals surface area contributed by atoms with Crippen LogP contribution in [0, 0.1) is 5.92 Å². The highest BCUT2D eigenvalue weighted by Gasteiger charge is 2.25. The van der Waals surface area contributed by atoms with Crippen LogP contribution in [-0.4, -0.2) is 44.9 Å². The van der Waals surface area contributed by atoms with E-state index in [0.29, 0.717) is 17.5 Å². The summed E-state index contributed by atoms with van der Waals surface area (Å²) in [5, 5.41) is 8.45. The van der Waals surface area contributed by atoms with Gasteiger partial charge in [-0.2, -0.15) is 0 Å². The van der Waals surface area contributed by atoms with Gasteiger partial charge in [0.15, 0.2) is 5.65 Å². The van der Waals surface area contributed by atoms with Crippen LogP contribution >= 0.6 is 0 Å². The molecule has 1 aliphatic rings. The number of hydrogen-bond donors (Lipinski definition) is 0. The Labute approximate surface area is 118 Å². The molecule has 0 saturated carbocycles. The van der Waals surface area contributed by atoms with Gasteiger partial charge in [0.05, 0.1) is 0 Å². The Morgan fingerprint density at radius 3 is 3.00 bits per heavy atom. The summed E-state index contributed by atoms with van der Waals surface area (Å²) in [4.78, 5) is 13.3. The van der Waals surface area contributed by atoms with Crippen LogP contribution in [0.25, 0.3) is 5.65 Å². The molecule has 0 bridgehead atoms. The van der Waals surface area contributed by atoms with E-state index in [2.05, 4.69) is 28.9 Å². The lowest BCUT2D eigenvalue weighted by atomic mass is 10.0. The van der Waals surface area contributed by atoms with Crippen molar-refractivity contribution in [1.29, 1.82) is 0 Å². The monoisotopic (exact) mass is 272 g/mol. The summed E-state index contributed by atoms with van der Waals surface area (Å²) >= 11 is 0. The van der Waals surface area contributed by atoms with E-state index in [-0.39, 0.29) is 0 Å². The quantitative estimate of drug-likeness (QED) is 0.797. The van der Waals surface area contributed by atoms with E-state index in [4.69, 9.17) is 0 Å². The molecule has 0 N–H and O–H groups in total. The maximum absolute atomic E-state index is 10.8. The number of carbonyl (C=O) groups is 1. The number of aldehydes is 1. The van der Waals surface area contributed by atoms with Crippen LogP contribution in [0.4, 0.5) is 0 Å². The van der Waals surface area contributed by atoms with E-state index in [9.17, 15) is 4.79 Å². The Kier molecular flexibility index (Phi) is 3.53. The lowest BCUT2D eigenvalue weighted by Gasteiger charge is -2.20. The minimum Gasteiger partial charge on any atom is -0.301 e. The Morgan fingerprint density at radius 2 is 2.30 bits per heavy atom. The van der Waals surface area contributed by atoms with Gasteiger partial charge in [-0.15, -0.1) is 10.2 Å². The summed E-state index contributed by atoms with van der Waals surface area (Å²) in [6.07, 6.45) is 4.90. The van der Waals surface area contributed by atoms with Gasteiger partial charge < -0.3 is 4.90 Å². The Balaban J connectivity index is 1.77. The van der Waals surface area contributed by atoms with Crippen LogP contribution in [0.5, 0.6) is 0 Å². The minimum absolute atomic E-state index is 0.616. The van der Waals surface area contributed by atoms with E-state index in [1.54, 1.807) is 6.07 Å². The average Bonchev–Trinajstić information content (AvgIpc) is 3.06. The van der Waals surface area contributed by atoms with E-state index in [1.807, 2.05) is 16.7 Å². The summed E-state index contributed by atoms with van der Waals surface area (Å²) in [5.74, 6) is 1.64. The van der Waals surface area contributed by atoms with Gasteiger partial charge in [-0.1, -0.05) is 0 Å². The fraction of sp³-hybridized carbons (Fsp3) is 0.533. The van der Waals surface area contributed by atoms with Crippen LogP contribution < -0.4 is 0 Å². The SMILES string of the molecule is CC(C)N1CCC(Cc2nnc3cc(C=O)ccn23)C1. The topological polar surface area (TPSA) is 50.5 Å². The second-order valence-corrected chi connectivity index (χ2v) is 5.87. The second-order valence-electron chi connectivity index (χ2n) is 5.87. The Hall–Kier alpha value is -1.75. The number of carbonyl (C=O) groups excluding carboxylic acids is 1. The molecule has 0 spiro atoms. The molecule has 1 unspecified atom stereocenters. The first-order valence-electron chi connectivity index (χ1n) is 7.20. The number of nitrogens with zero attached hydrogens (tertiary/aromatic N) is 4. The highest BCUT2D eigenvalue weighted by Crippen LogP contribution is 2.22. The molecule has 1 saturated heterocycles. The molecular formula is C15H20N4O. The van der Waals surface area contributed by atoms with Crippen molar-refractivity contribution >= 4 is 11.9 Å². The zero-order valence-corrected chi connectivity index (χ0v) is 12.0. The van der Waals surface area contributed by atoms with Crippen LogP contribution in [0.15, 0.2) is 18.3 Å². The van der Waals surface area contributed by atoms with Gasteiger partial charge in [0.2, 0.25) is 0 Å². The first-order chi connectivity index (χ1) is 9.67. The van der Waals surface area contributed by atoms with Gasteiger partial charge in [0.25, 0.3) is 0 Å². The molecule has 106 valence electrons. The number of rotatable bonds is 4. The molecular weight excluding hydrogens is 252 g/mol. The van der Waals surface area contributed by atoms with E-state index < -0.39 is 0 Å². The lowest BCUT2D eigenvalue weighted by molar-refractivity contribution is 0.112. The smallest absolute Gasteiger partial charge is 0.161 e. The van der Waals surface area contributed by atoms with Crippen LogP contribution in [0.1, 0.15) is 36.5 Å². The van der Waals surface area contributed by atoms with Gasteiger partial charge >= 0.3 is 0 Å². The molecule has 2 aromatic heterocycles. The average molecular weight is 272 g/mol. The van der Waals surface area contributed by atoms with Crippen LogP contribution in [0.3, 0.4) is 0 Å². The molecule has 3 heterocycles. The number of likely N-dealkylation sites (tertiary alicyclic amines) is 1. The molecule has 5 heteroatoms. The molecule has 0 aliphatic carbocycles. The van der Waals surface area contributed by atoms with Gasteiger partial charge in [0, 0.05) is 30.8 Å². The molecule has 1 aliphatic heterocycles. The third kappa shape index (κ3) is 2.45. The van der Waals surface area contributed by atoms with Crippen LogP contribution in [-0.2, 0) is 6.42 Å². The fourth-order valence-electron chi connectivity index (χ4n) is 2.93. The molecule has 1 atom stereocenters. The third-order valence-electron chi connectivity index (χ3n) is 4.16. The summed E-state index contributed by atoms with van der Waals surface area (Å²) in [6.45, 7) is 6.80. The molecule has 0 amide bonds. The number of fused-ring (bicyclic) bond motifs is 1. The summed E-state index contributed by atoms with van der Waals surface area (Å²) in [5.41, 5.74) is 1.40. The molecule has 2 aromatic rings. The number of hydrogen-bond acceptors (Lipinski definition) is 4. The van der Waals surface area contributed by atoms with Crippen molar-refractivity contribution in [3.05, 3.63) is 29.7 Å². The first kappa shape index (κ1) is 13.2. The second kappa shape index (κ2) is 5.32. The summed E-state index contributed by atoms with van der Waals surface area (Å²) < 4.78 is 1.99. The van der Waals surface area contributed by atoms with Crippen molar-refractivity contribution in [3.63, 3.8) is 0 Å². The predicted octanol–water partition coefficient (Wildman–Crippen LogP) is 1.81. The zero-order valence-electron chi connectivity index (χ0n) is 12.0. The Bertz CT molecular complexity index is 619. The molecule has 20 heavy (non-hydrogen) atoms. The number of aromatic nitrogens is 3. The van der Waals surface area contributed by atoms with Crippen molar-refractivity contribution in [2.75, 3.05) is 13.1 Å². The molecule has 3 rings (SSSR count). The number of pyridine rings is 1. The highest BCUT2D eigenvalue weighted by molar-refractivity contribution is 5.76. The summed E-state index contributed by atoms with van der Waals surface area (Å²) in [6, 6.07) is 4.20. The molecule has 5 nitrogen and oxygen atoms in total. The largest absolute Gasteiger partial charge is 0.301 e. The Morgan fingerprint density at radius 1 is 1.45 bits per heavy atom. The third-order valence-corrected chi connectivity index (χ3v) is 4.16. The fourth-order valence-corrected chi connectivity index (χ4v) is 2.93. The predicted molar refractivity (Wildman–Crippen MR) is 76.9 cm³/mol. The van der Waals surface area contributed by atoms with Crippen molar-refractivity contribution in [1.82, 2.24) is 19.5 Å². The zero-order chi connectivity index (χ0) is 14.1. The minimum atomic E-state index is 0.616. The van der Waals surface area contributed by atoms with Crippen molar-refractivity contribution in [2.45, 2.75) is 32.7 Å². The standard InChI is InChI=1S/C15H20N4O/c1-11(2)18-5-3-12(9-18)7-14-16-17-15-8-13(10-20)4-6-19(14)15/h4,6,8,10-12H,3,5,7,9H2,1-2H3. The van der Waals surface area contributed by atoms with Crippen molar-refractivity contribution in [2.24, 2.45) is 5.92 Å². The molecule has 1 fully saturated rings. The summed E-state index contributed by atoms with van der Waals surface area (Å²) in [7, 11) is 0. The van der Waals surface area contributed by atoms with E-state index in [0.717, 1.165) is 30.7 Å². The van der Waals surface area contributed by atoms with Gasteiger partial charge in [-0.05, 0) is 44.9 Å². The van der Waals surface area contributed by atoms with Gasteiger partial charge in [-0.3, -0.25) is 9.20 Å². The first-order valence-corrected chi connectivity index (χ1v) is 7.20. The molecule has 0 radical (unpaired) electrons. The van der Waals surface area contributed by atoms with Crippen molar-refractivity contribution < 1.29 is 4.79 Å². The van der Waals surface area contributed by atoms with Crippen LogP contribution in [0.2, 0.25) is 0 Å². The maximum Gasteiger partial charge on any atom is 0.161 e. The lowest BCUT2D eigenvalue weighted by Crippen LogP contribution is -2.28. The van der Waals surface area contributed by atoms with Gasteiger partial charge in [-0.25, -0.2) is 0 Å². The van der Waals surface area contributed by atoms with E-state index >= 15 is 0 Å².